The molecule has 3 aromatic carbocycles. The molecule has 1 fully saturated rings. The van der Waals surface area contributed by atoms with Crippen LogP contribution in [0.5, 0.6) is 11.5 Å². The highest BCUT2D eigenvalue weighted by atomic mass is 35.5. The maximum absolute atomic E-state index is 14.5. The Morgan fingerprint density at radius 2 is 1.74 bits per heavy atom. The Morgan fingerprint density at radius 1 is 1.00 bits per heavy atom. The minimum atomic E-state index is -2.53. The molecule has 0 aliphatic heterocycles. The Balaban J connectivity index is 1.50. The van der Waals surface area contributed by atoms with Gasteiger partial charge < -0.3 is 14.8 Å². The normalized spacial score (nSPS) is 14.2. The second kappa shape index (κ2) is 9.62. The summed E-state index contributed by atoms with van der Waals surface area (Å²) < 4.78 is 52.6. The van der Waals surface area contributed by atoms with E-state index in [1.807, 2.05) is 6.92 Å². The third kappa shape index (κ3) is 5.12. The number of benzene rings is 3. The number of alkyl halides is 2. The first-order valence-electron chi connectivity index (χ1n) is 11.1. The number of halogens is 4. The first kappa shape index (κ1) is 23.2. The molecule has 0 radical (unpaired) electrons. The van der Waals surface area contributed by atoms with Crippen LogP contribution in [0.3, 0.4) is 0 Å². The summed E-state index contributed by atoms with van der Waals surface area (Å²) in [5.41, 5.74) is 1.44. The van der Waals surface area contributed by atoms with Gasteiger partial charge in [0.1, 0.15) is 18.2 Å². The van der Waals surface area contributed by atoms with Crippen molar-refractivity contribution in [1.29, 1.82) is 0 Å². The molecule has 1 atom stereocenters. The third-order valence-electron chi connectivity index (χ3n) is 5.69. The highest BCUT2D eigenvalue weighted by Gasteiger charge is 2.26. The number of hydrogen-bond acceptors (Lipinski definition) is 5. The van der Waals surface area contributed by atoms with Gasteiger partial charge in [-0.2, -0.15) is 0 Å². The Hall–Kier alpha value is -3.52. The first-order valence-corrected chi connectivity index (χ1v) is 11.5. The van der Waals surface area contributed by atoms with Crippen molar-refractivity contribution >= 4 is 34.0 Å². The molecule has 0 amide bonds. The fraction of sp³-hybridized carbons (Fsp3) is 0.231. The number of ether oxygens (including phenoxy) is 2. The zero-order chi connectivity index (χ0) is 24.5. The highest BCUT2D eigenvalue weighted by molar-refractivity contribution is 6.31. The van der Waals surface area contributed by atoms with Gasteiger partial charge in [-0.05, 0) is 43.5 Å². The lowest BCUT2D eigenvalue weighted by Gasteiger charge is -2.19. The van der Waals surface area contributed by atoms with Gasteiger partial charge in [0, 0.05) is 17.0 Å². The second-order valence-corrected chi connectivity index (χ2v) is 8.72. The molecule has 1 saturated carbocycles. The van der Waals surface area contributed by atoms with E-state index < -0.39 is 18.3 Å². The lowest BCUT2D eigenvalue weighted by Crippen LogP contribution is -2.07. The van der Waals surface area contributed by atoms with Crippen LogP contribution >= 0.6 is 11.6 Å². The van der Waals surface area contributed by atoms with Crippen LogP contribution in [0.4, 0.5) is 24.7 Å². The fourth-order valence-corrected chi connectivity index (χ4v) is 3.79. The van der Waals surface area contributed by atoms with Gasteiger partial charge in [-0.3, -0.25) is 0 Å². The minimum Gasteiger partial charge on any atom is -0.486 e. The summed E-state index contributed by atoms with van der Waals surface area (Å²) in [7, 11) is 0. The van der Waals surface area contributed by atoms with Crippen molar-refractivity contribution in [3.8, 4) is 11.5 Å². The molecule has 0 saturated heterocycles. The van der Waals surface area contributed by atoms with E-state index in [-0.39, 0.29) is 22.4 Å². The zero-order valence-electron chi connectivity index (χ0n) is 18.6. The summed E-state index contributed by atoms with van der Waals surface area (Å²) >= 11 is 5.92. The van der Waals surface area contributed by atoms with E-state index in [9.17, 15) is 13.2 Å². The van der Waals surface area contributed by atoms with E-state index in [0.29, 0.717) is 28.2 Å². The van der Waals surface area contributed by atoms with Gasteiger partial charge in [0.15, 0.2) is 17.3 Å². The quantitative estimate of drug-likeness (QED) is 0.268. The minimum absolute atomic E-state index is 0.0100. The van der Waals surface area contributed by atoms with Crippen molar-refractivity contribution < 1.29 is 22.6 Å². The van der Waals surface area contributed by atoms with Gasteiger partial charge in [-0.1, -0.05) is 41.9 Å². The van der Waals surface area contributed by atoms with Gasteiger partial charge in [0.25, 0.3) is 6.43 Å². The summed E-state index contributed by atoms with van der Waals surface area (Å²) in [6.45, 7) is 1.82. The molecule has 1 aliphatic carbocycles. The van der Waals surface area contributed by atoms with Crippen molar-refractivity contribution in [3.05, 3.63) is 82.9 Å². The molecule has 4 aromatic rings. The second-order valence-electron chi connectivity index (χ2n) is 8.31. The molecule has 0 bridgehead atoms. The summed E-state index contributed by atoms with van der Waals surface area (Å²) in [4.78, 5) is 8.62. The standard InChI is InChI=1S/C26H21ClF3N3O2/c1-14(15-5-7-16(8-6-15)25(29)30)34-22-11-18-21(12-23(22)35-17-9-10-17)31-13-32-26(18)33-20-4-2-3-19(27)24(20)28/h2-8,11-14,17,25H,9-10H2,1H3,(H,31,32,33). The van der Waals surface area contributed by atoms with E-state index in [4.69, 9.17) is 21.1 Å². The number of nitrogens with one attached hydrogen (secondary N) is 1. The third-order valence-corrected chi connectivity index (χ3v) is 5.98. The van der Waals surface area contributed by atoms with Gasteiger partial charge >= 0.3 is 0 Å². The van der Waals surface area contributed by atoms with Crippen LogP contribution < -0.4 is 14.8 Å². The largest absolute Gasteiger partial charge is 0.486 e. The molecule has 1 unspecified atom stereocenters. The first-order chi connectivity index (χ1) is 16.9. The molecule has 9 heteroatoms. The van der Waals surface area contributed by atoms with Crippen LogP contribution in [0.2, 0.25) is 5.02 Å². The maximum atomic E-state index is 14.5. The SMILES string of the molecule is CC(Oc1cc2c(Nc3cccc(Cl)c3F)ncnc2cc1OC1CC1)c1ccc(C(F)F)cc1. The van der Waals surface area contributed by atoms with Gasteiger partial charge in [-0.25, -0.2) is 23.1 Å². The molecule has 5 rings (SSSR count). The van der Waals surface area contributed by atoms with Crippen LogP contribution in [0.15, 0.2) is 60.9 Å². The van der Waals surface area contributed by atoms with Gasteiger partial charge in [-0.15, -0.1) is 0 Å². The average Bonchev–Trinajstić information content (AvgIpc) is 3.67. The predicted molar refractivity (Wildman–Crippen MR) is 128 cm³/mol. The Labute approximate surface area is 204 Å². The zero-order valence-corrected chi connectivity index (χ0v) is 19.4. The lowest BCUT2D eigenvalue weighted by molar-refractivity contribution is 0.151. The number of hydrogen-bond donors (Lipinski definition) is 1. The fourth-order valence-electron chi connectivity index (χ4n) is 3.61. The number of anilines is 2. The van der Waals surface area contributed by atoms with E-state index in [1.165, 1.54) is 24.5 Å². The Kier molecular flexibility index (Phi) is 6.38. The van der Waals surface area contributed by atoms with Crippen molar-refractivity contribution in [2.24, 2.45) is 0 Å². The summed E-state index contributed by atoms with van der Waals surface area (Å²) in [6.07, 6.45) is 0.401. The van der Waals surface area contributed by atoms with Gasteiger partial charge in [0.05, 0.1) is 22.3 Å². The van der Waals surface area contributed by atoms with Crippen LogP contribution in [0, 0.1) is 5.82 Å². The van der Waals surface area contributed by atoms with E-state index in [0.717, 1.165) is 18.4 Å². The monoisotopic (exact) mass is 499 g/mol. The van der Waals surface area contributed by atoms with Gasteiger partial charge in [0.2, 0.25) is 0 Å². The lowest BCUT2D eigenvalue weighted by atomic mass is 10.1. The molecule has 0 spiro atoms. The molecule has 5 nitrogen and oxygen atoms in total. The maximum Gasteiger partial charge on any atom is 0.263 e. The van der Waals surface area contributed by atoms with Crippen molar-refractivity contribution in [3.63, 3.8) is 0 Å². The number of fused-ring (bicyclic) bond motifs is 1. The van der Waals surface area contributed by atoms with Crippen molar-refractivity contribution in [2.45, 2.75) is 38.4 Å². The molecular weight excluding hydrogens is 479 g/mol. The number of nitrogens with zero attached hydrogens (tertiary/aromatic N) is 2. The molecule has 1 aliphatic rings. The van der Waals surface area contributed by atoms with Crippen LogP contribution in [-0.4, -0.2) is 16.1 Å². The van der Waals surface area contributed by atoms with Crippen LogP contribution in [0.25, 0.3) is 10.9 Å². The highest BCUT2D eigenvalue weighted by Crippen LogP contribution is 2.40. The summed E-state index contributed by atoms with van der Waals surface area (Å²) in [5, 5.41) is 3.56. The molecule has 1 N–H and O–H groups in total. The summed E-state index contributed by atoms with van der Waals surface area (Å²) in [6, 6.07) is 14.2. The van der Waals surface area contributed by atoms with E-state index >= 15 is 0 Å². The van der Waals surface area contributed by atoms with Crippen molar-refractivity contribution in [1.82, 2.24) is 9.97 Å². The summed E-state index contributed by atoms with van der Waals surface area (Å²) in [5.74, 6) is 0.744. The van der Waals surface area contributed by atoms with Crippen LogP contribution in [0.1, 0.15) is 43.4 Å². The van der Waals surface area contributed by atoms with E-state index in [2.05, 4.69) is 15.3 Å². The Bertz CT molecular complexity index is 1360. The number of aromatic nitrogens is 2. The average molecular weight is 500 g/mol. The molecule has 180 valence electrons. The topological polar surface area (TPSA) is 56.3 Å². The van der Waals surface area contributed by atoms with Crippen molar-refractivity contribution in [2.75, 3.05) is 5.32 Å². The van der Waals surface area contributed by atoms with E-state index in [1.54, 1.807) is 36.4 Å². The molecular formula is C26H21ClF3N3O2. The predicted octanol–water partition coefficient (Wildman–Crippen LogP) is 7.78. The smallest absolute Gasteiger partial charge is 0.263 e. The van der Waals surface area contributed by atoms with Crippen LogP contribution in [-0.2, 0) is 0 Å². The Morgan fingerprint density at radius 3 is 2.46 bits per heavy atom. The molecule has 35 heavy (non-hydrogen) atoms. The number of rotatable bonds is 8. The molecule has 1 aromatic heterocycles. The molecule has 1 heterocycles.